The molecule has 17 heavy (non-hydrogen) atoms. The molecular formula is C11H17N5O. The third-order valence-electron chi connectivity index (χ3n) is 2.44. The lowest BCUT2D eigenvalue weighted by molar-refractivity contribution is 0.000661. The first-order valence-electron chi connectivity index (χ1n) is 5.64. The fraction of sp³-hybridized carbons (Fsp3) is 0.545. The van der Waals surface area contributed by atoms with Crippen molar-refractivity contribution < 1.29 is 4.74 Å². The highest BCUT2D eigenvalue weighted by molar-refractivity contribution is 5.81. The summed E-state index contributed by atoms with van der Waals surface area (Å²) in [6.07, 6.45) is 3.11. The molecule has 0 aliphatic carbocycles. The Hall–Kier alpha value is -1.69. The molecule has 0 amide bonds. The number of ether oxygens (including phenoxy) is 1. The Morgan fingerprint density at radius 2 is 2.18 bits per heavy atom. The van der Waals surface area contributed by atoms with Crippen LogP contribution < -0.4 is 5.32 Å². The first-order valence-corrected chi connectivity index (χ1v) is 5.64. The molecule has 0 aromatic carbocycles. The fourth-order valence-electron chi connectivity index (χ4n) is 1.64. The zero-order valence-electron chi connectivity index (χ0n) is 10.3. The van der Waals surface area contributed by atoms with Gasteiger partial charge in [-0.05, 0) is 20.8 Å². The second-order valence-electron chi connectivity index (χ2n) is 4.37. The van der Waals surface area contributed by atoms with Gasteiger partial charge in [0.05, 0.1) is 11.9 Å². The van der Waals surface area contributed by atoms with Crippen LogP contribution in [-0.4, -0.2) is 38.7 Å². The Morgan fingerprint density at radius 3 is 2.94 bits per heavy atom. The fourth-order valence-corrected chi connectivity index (χ4v) is 1.64. The molecule has 2 N–H and O–H groups in total. The smallest absolute Gasteiger partial charge is 0.182 e. The lowest BCUT2D eigenvalue weighted by Crippen LogP contribution is -2.33. The van der Waals surface area contributed by atoms with Gasteiger partial charge in [-0.3, -0.25) is 0 Å². The Balaban J connectivity index is 2.11. The minimum absolute atomic E-state index is 0.230. The van der Waals surface area contributed by atoms with E-state index < -0.39 is 0 Å². The maximum atomic E-state index is 5.61. The van der Waals surface area contributed by atoms with Gasteiger partial charge in [-0.25, -0.2) is 15.0 Å². The van der Waals surface area contributed by atoms with Gasteiger partial charge in [0, 0.05) is 13.2 Å². The van der Waals surface area contributed by atoms with Crippen LogP contribution in [0.3, 0.4) is 0 Å². The van der Waals surface area contributed by atoms with Crippen molar-refractivity contribution in [2.45, 2.75) is 26.4 Å². The van der Waals surface area contributed by atoms with Gasteiger partial charge in [0.2, 0.25) is 0 Å². The molecule has 0 fully saturated rings. The molecule has 0 aliphatic heterocycles. The Labute approximate surface area is 99.8 Å². The number of nitrogens with one attached hydrogen (secondary N) is 2. The summed E-state index contributed by atoms with van der Waals surface area (Å²) >= 11 is 0. The van der Waals surface area contributed by atoms with E-state index in [0.717, 1.165) is 11.3 Å². The highest BCUT2D eigenvalue weighted by atomic mass is 16.5. The van der Waals surface area contributed by atoms with Crippen LogP contribution in [0.1, 0.15) is 20.8 Å². The number of aromatic amines is 1. The number of rotatable bonds is 5. The summed E-state index contributed by atoms with van der Waals surface area (Å²) in [5.74, 6) is 0.750. The molecule has 0 saturated carbocycles. The zero-order chi connectivity index (χ0) is 12.3. The van der Waals surface area contributed by atoms with E-state index in [0.29, 0.717) is 18.8 Å². The summed E-state index contributed by atoms with van der Waals surface area (Å²) in [7, 11) is 0. The van der Waals surface area contributed by atoms with Crippen LogP contribution in [0.5, 0.6) is 0 Å². The van der Waals surface area contributed by atoms with E-state index >= 15 is 0 Å². The lowest BCUT2D eigenvalue weighted by Gasteiger charge is -2.25. The monoisotopic (exact) mass is 235 g/mol. The molecule has 0 radical (unpaired) electrons. The summed E-state index contributed by atoms with van der Waals surface area (Å²) in [6.45, 7) is 7.42. The third-order valence-corrected chi connectivity index (χ3v) is 2.44. The summed E-state index contributed by atoms with van der Waals surface area (Å²) in [4.78, 5) is 15.4. The van der Waals surface area contributed by atoms with Gasteiger partial charge in [-0.2, -0.15) is 0 Å². The number of hydrogen-bond acceptors (Lipinski definition) is 5. The van der Waals surface area contributed by atoms with Crippen LogP contribution in [0.15, 0.2) is 12.7 Å². The molecule has 0 atom stereocenters. The van der Waals surface area contributed by atoms with Gasteiger partial charge >= 0.3 is 0 Å². The summed E-state index contributed by atoms with van der Waals surface area (Å²) in [5, 5.41) is 3.25. The van der Waals surface area contributed by atoms with Crippen LogP contribution >= 0.6 is 0 Å². The average molecular weight is 235 g/mol. The van der Waals surface area contributed by atoms with E-state index in [-0.39, 0.29) is 5.60 Å². The Bertz CT molecular complexity index is 493. The topological polar surface area (TPSA) is 75.7 Å². The standard InChI is InChI=1S/C11H17N5O/c1-4-17-11(2,3)5-12-9-8-10(14-6-13-8)16-7-15-9/h6-7H,4-5H2,1-3H3,(H2,12,13,14,15,16). The predicted octanol–water partition coefficient (Wildman–Crippen LogP) is 1.58. The molecule has 0 unspecified atom stereocenters. The van der Waals surface area contributed by atoms with Crippen molar-refractivity contribution in [1.29, 1.82) is 0 Å². The summed E-state index contributed by atoms with van der Waals surface area (Å²) in [6, 6.07) is 0. The number of aromatic nitrogens is 4. The molecular weight excluding hydrogens is 218 g/mol. The SMILES string of the molecule is CCOC(C)(C)CNc1ncnc2nc[nH]c12. The van der Waals surface area contributed by atoms with Crippen LogP contribution in [0, 0.1) is 0 Å². The molecule has 2 aromatic rings. The van der Waals surface area contributed by atoms with Gasteiger partial charge in [0.1, 0.15) is 11.8 Å². The van der Waals surface area contributed by atoms with Crippen LogP contribution in [0.4, 0.5) is 5.82 Å². The van der Waals surface area contributed by atoms with Gasteiger partial charge in [0.15, 0.2) is 11.5 Å². The highest BCUT2D eigenvalue weighted by Crippen LogP contribution is 2.16. The van der Waals surface area contributed by atoms with Gasteiger partial charge < -0.3 is 15.0 Å². The quantitative estimate of drug-likeness (QED) is 0.823. The molecule has 0 aliphatic rings. The second-order valence-corrected chi connectivity index (χ2v) is 4.37. The third kappa shape index (κ3) is 2.71. The van der Waals surface area contributed by atoms with E-state index in [1.807, 2.05) is 20.8 Å². The number of imidazole rings is 1. The second kappa shape index (κ2) is 4.67. The van der Waals surface area contributed by atoms with E-state index in [1.54, 1.807) is 6.33 Å². The van der Waals surface area contributed by atoms with E-state index in [4.69, 9.17) is 4.74 Å². The van der Waals surface area contributed by atoms with Crippen molar-refractivity contribution in [3.8, 4) is 0 Å². The molecule has 92 valence electrons. The minimum atomic E-state index is -0.230. The first kappa shape index (κ1) is 11.8. The maximum Gasteiger partial charge on any atom is 0.182 e. The zero-order valence-corrected chi connectivity index (χ0v) is 10.3. The molecule has 6 nitrogen and oxygen atoms in total. The van der Waals surface area contributed by atoms with Crippen LogP contribution in [-0.2, 0) is 4.74 Å². The van der Waals surface area contributed by atoms with E-state index in [2.05, 4.69) is 25.3 Å². The van der Waals surface area contributed by atoms with Crippen molar-refractivity contribution in [1.82, 2.24) is 19.9 Å². The van der Waals surface area contributed by atoms with Crippen molar-refractivity contribution in [2.24, 2.45) is 0 Å². The van der Waals surface area contributed by atoms with E-state index in [9.17, 15) is 0 Å². The molecule has 2 aromatic heterocycles. The average Bonchev–Trinajstić information content (AvgIpc) is 2.74. The molecule has 6 heteroatoms. The number of fused-ring (bicyclic) bond motifs is 1. The molecule has 2 rings (SSSR count). The van der Waals surface area contributed by atoms with Gasteiger partial charge in [-0.1, -0.05) is 0 Å². The van der Waals surface area contributed by atoms with Crippen molar-refractivity contribution in [3.05, 3.63) is 12.7 Å². The van der Waals surface area contributed by atoms with Crippen LogP contribution in [0.25, 0.3) is 11.2 Å². The Morgan fingerprint density at radius 1 is 1.35 bits per heavy atom. The maximum absolute atomic E-state index is 5.61. The molecule has 0 bridgehead atoms. The molecule has 0 spiro atoms. The van der Waals surface area contributed by atoms with Crippen molar-refractivity contribution >= 4 is 17.0 Å². The predicted molar refractivity (Wildman–Crippen MR) is 65.9 cm³/mol. The van der Waals surface area contributed by atoms with Gasteiger partial charge in [-0.15, -0.1) is 0 Å². The normalized spacial score (nSPS) is 11.9. The largest absolute Gasteiger partial charge is 0.374 e. The molecule has 0 saturated heterocycles. The number of anilines is 1. The lowest BCUT2D eigenvalue weighted by atomic mass is 10.1. The Kier molecular flexibility index (Phi) is 3.23. The van der Waals surface area contributed by atoms with Gasteiger partial charge in [0.25, 0.3) is 0 Å². The summed E-state index contributed by atoms with van der Waals surface area (Å²) < 4.78 is 5.61. The first-order chi connectivity index (χ1) is 8.12. The number of nitrogens with zero attached hydrogens (tertiary/aromatic N) is 3. The number of H-pyrrole nitrogens is 1. The molecule has 2 heterocycles. The number of hydrogen-bond donors (Lipinski definition) is 2. The minimum Gasteiger partial charge on any atom is -0.374 e. The summed E-state index contributed by atoms with van der Waals surface area (Å²) in [5.41, 5.74) is 1.25. The van der Waals surface area contributed by atoms with E-state index in [1.165, 1.54) is 6.33 Å². The van der Waals surface area contributed by atoms with Crippen LogP contribution in [0.2, 0.25) is 0 Å². The highest BCUT2D eigenvalue weighted by Gasteiger charge is 2.18. The van der Waals surface area contributed by atoms with Crippen molar-refractivity contribution in [3.63, 3.8) is 0 Å². The van der Waals surface area contributed by atoms with Crippen molar-refractivity contribution in [2.75, 3.05) is 18.5 Å².